The summed E-state index contributed by atoms with van der Waals surface area (Å²) in [7, 11) is 0. The van der Waals surface area contributed by atoms with E-state index in [1.165, 1.54) is 17.7 Å². The summed E-state index contributed by atoms with van der Waals surface area (Å²) in [6.07, 6.45) is 0.542. The zero-order valence-corrected chi connectivity index (χ0v) is 22.3. The van der Waals surface area contributed by atoms with Crippen molar-refractivity contribution in [3.63, 3.8) is 0 Å². The van der Waals surface area contributed by atoms with Gasteiger partial charge in [0.2, 0.25) is 11.8 Å². The van der Waals surface area contributed by atoms with Crippen LogP contribution in [0.3, 0.4) is 0 Å². The van der Waals surface area contributed by atoms with Gasteiger partial charge in [-0.2, -0.15) is 0 Å². The van der Waals surface area contributed by atoms with Crippen molar-refractivity contribution in [3.8, 4) is 11.5 Å². The largest absolute Gasteiger partial charge is 0.504 e. The van der Waals surface area contributed by atoms with Crippen LogP contribution in [0.25, 0.3) is 0 Å². The van der Waals surface area contributed by atoms with Gasteiger partial charge >= 0.3 is 11.9 Å². The molecule has 3 aliphatic heterocycles. The second-order valence-electron chi connectivity index (χ2n) is 12.1. The third-order valence-corrected chi connectivity index (χ3v) is 9.96. The Morgan fingerprint density at radius 3 is 2.22 bits per heavy atom. The van der Waals surface area contributed by atoms with Crippen molar-refractivity contribution in [3.05, 3.63) is 23.3 Å². The average Bonchev–Trinajstić information content (AvgIpc) is 3.59. The van der Waals surface area contributed by atoms with Crippen LogP contribution in [0.2, 0.25) is 0 Å². The number of hydrogen-bond donors (Lipinski definition) is 6. The first-order chi connectivity index (χ1) is 19.4. The highest BCUT2D eigenvalue weighted by atomic mass is 16.5. The number of carboxylic acid groups (broad SMARTS) is 2. The van der Waals surface area contributed by atoms with Crippen LogP contribution in [0.5, 0.6) is 11.5 Å². The smallest absolute Gasteiger partial charge is 0.335 e. The van der Waals surface area contributed by atoms with E-state index in [-0.39, 0.29) is 36.4 Å². The lowest BCUT2D eigenvalue weighted by molar-refractivity contribution is -0.201. The van der Waals surface area contributed by atoms with Crippen LogP contribution in [0.4, 0.5) is 0 Å². The maximum absolute atomic E-state index is 12.6. The van der Waals surface area contributed by atoms with Crippen molar-refractivity contribution in [1.29, 1.82) is 0 Å². The highest BCUT2D eigenvalue weighted by Gasteiger charge is 2.74. The maximum Gasteiger partial charge on any atom is 0.335 e. The van der Waals surface area contributed by atoms with Gasteiger partial charge in [-0.3, -0.25) is 19.4 Å². The molecule has 7 rings (SSSR count). The summed E-state index contributed by atoms with van der Waals surface area (Å²) in [6, 6.07) is 3.28. The molecule has 13 nitrogen and oxygen atoms in total. The molecule has 6 aliphatic rings. The number of ether oxygens (including phenoxy) is 1. The van der Waals surface area contributed by atoms with Crippen LogP contribution >= 0.6 is 0 Å². The number of aliphatic hydroxyl groups excluding tert-OH is 2. The number of phenolic OH excluding ortho intramolecular Hbond substituents is 1. The predicted molar refractivity (Wildman–Crippen MR) is 137 cm³/mol. The molecule has 1 aromatic carbocycles. The van der Waals surface area contributed by atoms with E-state index in [0.717, 1.165) is 36.6 Å². The fraction of sp³-hybridized carbons (Fsp3) is 0.643. The molecule has 3 heterocycles. The standard InChI is InChI=1S/C24H28N2O5.C4H6O6/c27-16-4-3-14-11-17-24(30)8-7-15(26-18(28)5-6-19(26)29)22-23(24,20(14)21(16)31-22)9-10-25(17)12-13-1-2-13;5-1(3(7)8)2(6)4(9)10/h3-4,13,15,17,22,27,30H,1-2,5-12H2;1-2,5-6H,(H,7,8)(H,9,10)/t15-,17-,22+,23+,24-;/m1./s1. The Labute approximate surface area is 234 Å². The molecule has 1 aromatic rings. The summed E-state index contributed by atoms with van der Waals surface area (Å²) in [5.41, 5.74) is 0.390. The number of aliphatic hydroxyl groups is 3. The quantitative estimate of drug-likeness (QED) is 0.235. The number of aliphatic carboxylic acids is 2. The monoisotopic (exact) mass is 574 g/mol. The van der Waals surface area contributed by atoms with Gasteiger partial charge in [0.05, 0.1) is 17.1 Å². The molecular formula is C28H34N2O11. The summed E-state index contributed by atoms with van der Waals surface area (Å²) in [5.74, 6) is -2.53. The van der Waals surface area contributed by atoms with Gasteiger partial charge in [0.25, 0.3) is 0 Å². The molecule has 2 saturated carbocycles. The van der Waals surface area contributed by atoms with Crippen LogP contribution in [-0.2, 0) is 31.0 Å². The van der Waals surface area contributed by atoms with E-state index in [4.69, 9.17) is 25.2 Å². The Balaban J connectivity index is 0.000000262. The Morgan fingerprint density at radius 2 is 1.63 bits per heavy atom. The number of nitrogens with zero attached hydrogens (tertiary/aromatic N) is 2. The second kappa shape index (κ2) is 9.65. The molecule has 222 valence electrons. The van der Waals surface area contributed by atoms with E-state index in [0.29, 0.717) is 25.0 Å². The number of aromatic hydroxyl groups is 1. The van der Waals surface area contributed by atoms with E-state index in [9.17, 15) is 29.4 Å². The van der Waals surface area contributed by atoms with Crippen LogP contribution in [0.15, 0.2) is 12.1 Å². The van der Waals surface area contributed by atoms with Gasteiger partial charge < -0.3 is 35.4 Å². The van der Waals surface area contributed by atoms with Crippen molar-refractivity contribution in [2.45, 2.75) is 92.8 Å². The Hall–Kier alpha value is -3.26. The molecule has 2 unspecified atom stereocenters. The fourth-order valence-corrected chi connectivity index (χ4v) is 7.95. The maximum atomic E-state index is 12.6. The van der Waals surface area contributed by atoms with E-state index >= 15 is 0 Å². The van der Waals surface area contributed by atoms with Crippen molar-refractivity contribution in [2.24, 2.45) is 5.92 Å². The molecule has 6 N–H and O–H groups in total. The molecule has 13 heteroatoms. The predicted octanol–water partition coefficient (Wildman–Crippen LogP) is -0.649. The highest BCUT2D eigenvalue weighted by molar-refractivity contribution is 6.02. The van der Waals surface area contributed by atoms with Crippen LogP contribution < -0.4 is 4.74 Å². The minimum absolute atomic E-state index is 0.00174. The zero-order chi connectivity index (χ0) is 29.4. The van der Waals surface area contributed by atoms with Gasteiger partial charge in [0, 0.05) is 31.0 Å². The molecule has 4 fully saturated rings. The third-order valence-electron chi connectivity index (χ3n) is 9.96. The number of likely N-dealkylation sites (tertiary alicyclic amines) is 2. The number of rotatable bonds is 6. The third kappa shape index (κ3) is 4.04. The number of carboxylic acids is 2. The zero-order valence-electron chi connectivity index (χ0n) is 22.3. The number of imide groups is 1. The lowest BCUT2D eigenvalue weighted by atomic mass is 9.48. The number of carbonyl (C=O) groups is 4. The molecule has 3 aliphatic carbocycles. The van der Waals surface area contributed by atoms with E-state index in [1.54, 1.807) is 6.07 Å². The average molecular weight is 575 g/mol. The number of carbonyl (C=O) groups excluding carboxylic acids is 2. The summed E-state index contributed by atoms with van der Waals surface area (Å²) >= 11 is 0. The van der Waals surface area contributed by atoms with Crippen LogP contribution in [-0.4, -0.2) is 113 Å². The highest BCUT2D eigenvalue weighted by Crippen LogP contribution is 2.66. The molecule has 2 bridgehead atoms. The number of benzene rings is 1. The van der Waals surface area contributed by atoms with Crippen molar-refractivity contribution < 1.29 is 54.6 Å². The second-order valence-corrected chi connectivity index (χ2v) is 12.1. The normalized spacial score (nSPS) is 34.7. The minimum atomic E-state index is -2.27. The molecule has 0 aromatic heterocycles. The summed E-state index contributed by atoms with van der Waals surface area (Å²) in [5, 5.41) is 55.6. The Bertz CT molecular complexity index is 1280. The van der Waals surface area contributed by atoms with Crippen molar-refractivity contribution in [1.82, 2.24) is 9.80 Å². The Morgan fingerprint density at radius 1 is 1.00 bits per heavy atom. The topological polar surface area (TPSA) is 205 Å². The first kappa shape index (κ1) is 27.9. The van der Waals surface area contributed by atoms with Gasteiger partial charge in [-0.25, -0.2) is 9.59 Å². The van der Waals surface area contributed by atoms with Crippen LogP contribution in [0, 0.1) is 5.92 Å². The van der Waals surface area contributed by atoms with Gasteiger partial charge in [0.15, 0.2) is 23.7 Å². The van der Waals surface area contributed by atoms with Gasteiger partial charge in [-0.05, 0) is 62.6 Å². The number of phenols is 1. The molecule has 1 spiro atoms. The van der Waals surface area contributed by atoms with E-state index in [1.807, 2.05) is 6.07 Å². The summed E-state index contributed by atoms with van der Waals surface area (Å²) < 4.78 is 6.45. The first-order valence-corrected chi connectivity index (χ1v) is 14.1. The molecule has 7 atom stereocenters. The number of piperidine rings is 1. The molecule has 0 radical (unpaired) electrons. The minimum Gasteiger partial charge on any atom is -0.504 e. The molecule has 2 amide bonds. The summed E-state index contributed by atoms with van der Waals surface area (Å²) in [6.45, 7) is 1.90. The van der Waals surface area contributed by atoms with Crippen molar-refractivity contribution >= 4 is 23.8 Å². The lowest BCUT2D eigenvalue weighted by Crippen LogP contribution is -2.78. The first-order valence-electron chi connectivity index (χ1n) is 14.1. The van der Waals surface area contributed by atoms with Crippen LogP contribution in [0.1, 0.15) is 56.1 Å². The summed E-state index contributed by atoms with van der Waals surface area (Å²) in [4.78, 5) is 48.7. The van der Waals surface area contributed by atoms with E-state index in [2.05, 4.69) is 4.90 Å². The number of amides is 2. The molecular weight excluding hydrogens is 540 g/mol. The molecule has 2 saturated heterocycles. The van der Waals surface area contributed by atoms with Crippen molar-refractivity contribution in [2.75, 3.05) is 13.1 Å². The SMILES string of the molecule is O=C(O)C(O)C(O)C(=O)O.O=C1CCC(=O)N1[C@@H]1CC[C@@]2(O)[C@H]3Cc4ccc(O)c5c4[C@@]2(CCN3CC2CC2)[C@H]1O5. The van der Waals surface area contributed by atoms with Gasteiger partial charge in [-0.15, -0.1) is 0 Å². The van der Waals surface area contributed by atoms with Gasteiger partial charge in [-0.1, -0.05) is 6.07 Å². The Kier molecular flexibility index (Phi) is 6.56. The molecule has 41 heavy (non-hydrogen) atoms. The van der Waals surface area contributed by atoms with E-state index < -0.39 is 47.3 Å². The lowest BCUT2D eigenvalue weighted by Gasteiger charge is -2.64. The fourth-order valence-electron chi connectivity index (χ4n) is 7.95. The van der Waals surface area contributed by atoms with Gasteiger partial charge in [0.1, 0.15) is 6.10 Å². The number of hydrogen-bond acceptors (Lipinski definition) is 10.